The van der Waals surface area contributed by atoms with Gasteiger partial charge in [0.2, 0.25) is 5.91 Å². The fourth-order valence-corrected chi connectivity index (χ4v) is 3.45. The topological polar surface area (TPSA) is 50.2 Å². The molecule has 2 aliphatic rings. The lowest BCUT2D eigenvalue weighted by atomic mass is 9.89. The van der Waals surface area contributed by atoms with Gasteiger partial charge in [0.25, 0.3) is 0 Å². The Morgan fingerprint density at radius 3 is 2.74 bits per heavy atom. The van der Waals surface area contributed by atoms with Gasteiger partial charge in [0.1, 0.15) is 0 Å². The maximum absolute atomic E-state index is 12.3. The molecule has 3 rings (SSSR count). The molecule has 5 heteroatoms. The Bertz CT molecular complexity index is 458. The third kappa shape index (κ3) is 2.66. The molecule has 2 saturated heterocycles. The molecule has 2 atom stereocenters. The van der Waals surface area contributed by atoms with Gasteiger partial charge in [-0.25, -0.2) is 0 Å². The smallest absolute Gasteiger partial charge is 0.227 e. The van der Waals surface area contributed by atoms with Gasteiger partial charge in [-0.05, 0) is 31.6 Å². The van der Waals surface area contributed by atoms with Crippen LogP contribution < -0.4 is 10.2 Å². The molecular weight excluding hydrogens is 240 g/mol. The number of amides is 1. The Hall–Kier alpha value is -1.36. The van der Waals surface area contributed by atoms with E-state index in [4.69, 9.17) is 0 Å². The fourth-order valence-electron chi connectivity index (χ4n) is 3.45. The highest BCUT2D eigenvalue weighted by Gasteiger charge is 2.34. The number of carbonyl (C=O) groups excluding carboxylic acids is 1. The second-order valence-electron chi connectivity index (χ2n) is 6.00. The van der Waals surface area contributed by atoms with Gasteiger partial charge >= 0.3 is 0 Å². The minimum absolute atomic E-state index is 0.208. The van der Waals surface area contributed by atoms with Crippen LogP contribution >= 0.6 is 0 Å². The van der Waals surface area contributed by atoms with Crippen LogP contribution in [-0.4, -0.2) is 34.8 Å². The predicted octanol–water partition coefficient (Wildman–Crippen LogP) is 1.30. The first-order chi connectivity index (χ1) is 9.11. The van der Waals surface area contributed by atoms with Crippen molar-refractivity contribution in [2.24, 2.45) is 13.0 Å². The molecule has 0 spiro atoms. The van der Waals surface area contributed by atoms with Crippen molar-refractivity contribution >= 4 is 11.6 Å². The van der Waals surface area contributed by atoms with E-state index in [0.717, 1.165) is 18.5 Å². The van der Waals surface area contributed by atoms with Crippen molar-refractivity contribution in [1.82, 2.24) is 15.1 Å². The van der Waals surface area contributed by atoms with E-state index in [-0.39, 0.29) is 5.91 Å². The molecule has 2 unspecified atom stereocenters. The minimum Gasteiger partial charge on any atom is -0.313 e. The number of piperidine rings is 1. The summed E-state index contributed by atoms with van der Waals surface area (Å²) < 4.78 is 1.73. The van der Waals surface area contributed by atoms with Gasteiger partial charge in [-0.2, -0.15) is 5.10 Å². The first kappa shape index (κ1) is 12.7. The summed E-state index contributed by atoms with van der Waals surface area (Å²) >= 11 is 0. The average molecular weight is 262 g/mol. The van der Waals surface area contributed by atoms with E-state index in [1.807, 2.05) is 20.3 Å². The van der Waals surface area contributed by atoms with Crippen LogP contribution in [0.3, 0.4) is 0 Å². The van der Waals surface area contributed by atoms with Crippen LogP contribution in [0.1, 0.15) is 32.1 Å². The lowest BCUT2D eigenvalue weighted by Gasteiger charge is -2.29. The summed E-state index contributed by atoms with van der Waals surface area (Å²) in [6.07, 6.45) is 9.17. The van der Waals surface area contributed by atoms with E-state index >= 15 is 0 Å². The van der Waals surface area contributed by atoms with Crippen LogP contribution in [0.4, 0.5) is 5.69 Å². The standard InChI is InChI=1S/C14H22N4O/c1-17-9-13(8-15-17)18(2)14(19)7-10-5-11-3-4-12(6-10)16-11/h8-12,16H,3-7H2,1-2H3. The summed E-state index contributed by atoms with van der Waals surface area (Å²) in [5.41, 5.74) is 0.879. The van der Waals surface area contributed by atoms with Crippen molar-refractivity contribution in [3.63, 3.8) is 0 Å². The third-order valence-corrected chi connectivity index (χ3v) is 4.49. The lowest BCUT2D eigenvalue weighted by molar-refractivity contribution is -0.119. The number of nitrogens with zero attached hydrogens (tertiary/aromatic N) is 3. The van der Waals surface area contributed by atoms with E-state index in [2.05, 4.69) is 10.4 Å². The van der Waals surface area contributed by atoms with Crippen LogP contribution in [0.2, 0.25) is 0 Å². The largest absolute Gasteiger partial charge is 0.313 e. The highest BCUT2D eigenvalue weighted by molar-refractivity contribution is 5.92. The fraction of sp³-hybridized carbons (Fsp3) is 0.714. The SMILES string of the molecule is CN(C(=O)CC1CC2CCC(C1)N2)c1cnn(C)c1. The van der Waals surface area contributed by atoms with Crippen LogP contribution in [0.25, 0.3) is 0 Å². The van der Waals surface area contributed by atoms with Crippen molar-refractivity contribution in [3.05, 3.63) is 12.4 Å². The Balaban J connectivity index is 1.59. The molecule has 1 N–H and O–H groups in total. The molecule has 2 bridgehead atoms. The normalized spacial score (nSPS) is 29.5. The Morgan fingerprint density at radius 1 is 1.47 bits per heavy atom. The molecule has 5 nitrogen and oxygen atoms in total. The van der Waals surface area contributed by atoms with Gasteiger partial charge in [-0.3, -0.25) is 9.48 Å². The summed E-state index contributed by atoms with van der Waals surface area (Å²) in [6.45, 7) is 0. The van der Waals surface area contributed by atoms with Crippen LogP contribution in [-0.2, 0) is 11.8 Å². The van der Waals surface area contributed by atoms with Gasteiger partial charge < -0.3 is 10.2 Å². The quantitative estimate of drug-likeness (QED) is 0.893. The summed E-state index contributed by atoms with van der Waals surface area (Å²) in [6, 6.07) is 1.31. The zero-order chi connectivity index (χ0) is 13.4. The summed E-state index contributed by atoms with van der Waals surface area (Å²) in [7, 11) is 3.71. The van der Waals surface area contributed by atoms with E-state index in [1.54, 1.807) is 15.8 Å². The minimum atomic E-state index is 0.208. The number of hydrogen-bond donors (Lipinski definition) is 1. The van der Waals surface area contributed by atoms with Crippen LogP contribution in [0, 0.1) is 5.92 Å². The second-order valence-corrected chi connectivity index (χ2v) is 6.00. The first-order valence-corrected chi connectivity index (χ1v) is 7.13. The number of carbonyl (C=O) groups is 1. The predicted molar refractivity (Wildman–Crippen MR) is 73.9 cm³/mol. The zero-order valence-electron chi connectivity index (χ0n) is 11.7. The lowest BCUT2D eigenvalue weighted by Crippen LogP contribution is -2.40. The Morgan fingerprint density at radius 2 is 2.16 bits per heavy atom. The molecule has 104 valence electrons. The summed E-state index contributed by atoms with van der Waals surface area (Å²) in [5, 5.41) is 7.73. The van der Waals surface area contributed by atoms with E-state index < -0.39 is 0 Å². The highest BCUT2D eigenvalue weighted by Crippen LogP contribution is 2.33. The molecular formula is C14H22N4O. The molecule has 0 aliphatic carbocycles. The van der Waals surface area contributed by atoms with Crippen molar-refractivity contribution in [2.75, 3.05) is 11.9 Å². The molecule has 3 heterocycles. The Labute approximate surface area is 114 Å². The van der Waals surface area contributed by atoms with Crippen molar-refractivity contribution in [1.29, 1.82) is 0 Å². The van der Waals surface area contributed by atoms with E-state index in [0.29, 0.717) is 24.4 Å². The van der Waals surface area contributed by atoms with Gasteiger partial charge in [0.15, 0.2) is 0 Å². The molecule has 0 saturated carbocycles. The van der Waals surface area contributed by atoms with Gasteiger partial charge in [0, 0.05) is 38.8 Å². The molecule has 1 aromatic heterocycles. The Kier molecular flexibility index (Phi) is 3.31. The van der Waals surface area contributed by atoms with Crippen LogP contribution in [0.15, 0.2) is 12.4 Å². The third-order valence-electron chi connectivity index (χ3n) is 4.49. The molecule has 1 aromatic rings. The summed E-state index contributed by atoms with van der Waals surface area (Å²) in [4.78, 5) is 14.1. The number of hydrogen-bond acceptors (Lipinski definition) is 3. The first-order valence-electron chi connectivity index (χ1n) is 7.13. The van der Waals surface area contributed by atoms with E-state index in [9.17, 15) is 4.79 Å². The highest BCUT2D eigenvalue weighted by atomic mass is 16.2. The molecule has 0 aromatic carbocycles. The number of anilines is 1. The zero-order valence-corrected chi connectivity index (χ0v) is 11.7. The number of nitrogens with one attached hydrogen (secondary N) is 1. The molecule has 1 amide bonds. The summed E-state index contributed by atoms with van der Waals surface area (Å²) in [5.74, 6) is 0.754. The average Bonchev–Trinajstić information content (AvgIpc) is 2.95. The number of rotatable bonds is 3. The van der Waals surface area contributed by atoms with Gasteiger partial charge in [0.05, 0.1) is 11.9 Å². The van der Waals surface area contributed by atoms with Crippen LogP contribution in [0.5, 0.6) is 0 Å². The molecule has 2 aliphatic heterocycles. The maximum atomic E-state index is 12.3. The number of aromatic nitrogens is 2. The molecule has 19 heavy (non-hydrogen) atoms. The second kappa shape index (κ2) is 4.96. The number of fused-ring (bicyclic) bond motifs is 2. The maximum Gasteiger partial charge on any atom is 0.227 e. The number of aryl methyl sites for hydroxylation is 1. The van der Waals surface area contributed by atoms with Crippen molar-refractivity contribution in [3.8, 4) is 0 Å². The monoisotopic (exact) mass is 262 g/mol. The van der Waals surface area contributed by atoms with Gasteiger partial charge in [-0.1, -0.05) is 0 Å². The molecule has 2 fully saturated rings. The molecule has 0 radical (unpaired) electrons. The van der Waals surface area contributed by atoms with E-state index in [1.165, 1.54) is 12.8 Å². The van der Waals surface area contributed by atoms with Crippen molar-refractivity contribution in [2.45, 2.75) is 44.2 Å². The van der Waals surface area contributed by atoms with Crippen molar-refractivity contribution < 1.29 is 4.79 Å². The van der Waals surface area contributed by atoms with Gasteiger partial charge in [-0.15, -0.1) is 0 Å².